The Morgan fingerprint density at radius 3 is 2.79 bits per heavy atom. The molecular weight excluding hydrogens is 242 g/mol. The molecule has 0 radical (unpaired) electrons. The lowest BCUT2D eigenvalue weighted by Crippen LogP contribution is -2.64. The van der Waals surface area contributed by atoms with Gasteiger partial charge in [0.1, 0.15) is 5.52 Å². The van der Waals surface area contributed by atoms with Crippen LogP contribution >= 0.6 is 0 Å². The zero-order valence-electron chi connectivity index (χ0n) is 10.6. The Labute approximate surface area is 110 Å². The Morgan fingerprint density at radius 2 is 2.21 bits per heavy atom. The highest BCUT2D eigenvalue weighted by Gasteiger charge is 2.50. The van der Waals surface area contributed by atoms with Gasteiger partial charge in [-0.25, -0.2) is 0 Å². The van der Waals surface area contributed by atoms with E-state index in [-0.39, 0.29) is 5.54 Å². The Bertz CT molecular complexity index is 667. The molecule has 0 unspecified atom stereocenters. The number of aromatic nitrogens is 1. The smallest absolute Gasteiger partial charge is 0.298 e. The molecular formula is C14H15N3O2. The molecule has 19 heavy (non-hydrogen) atoms. The molecule has 2 aromatic rings. The van der Waals surface area contributed by atoms with Gasteiger partial charge in [-0.1, -0.05) is 6.07 Å². The molecule has 2 N–H and O–H groups in total. The number of anilines is 1. The minimum absolute atomic E-state index is 0.285. The molecule has 4 rings (SSSR count). The van der Waals surface area contributed by atoms with Crippen molar-refractivity contribution in [3.63, 3.8) is 0 Å². The van der Waals surface area contributed by atoms with E-state index in [1.807, 2.05) is 6.07 Å². The summed E-state index contributed by atoms with van der Waals surface area (Å²) >= 11 is 0. The molecule has 1 aromatic heterocycles. The molecule has 1 aliphatic carbocycles. The van der Waals surface area contributed by atoms with E-state index in [9.17, 15) is 4.79 Å². The molecule has 0 bridgehead atoms. The molecule has 0 atom stereocenters. The van der Waals surface area contributed by atoms with Gasteiger partial charge in [-0.15, -0.1) is 0 Å². The third-order valence-corrected chi connectivity index (χ3v) is 4.56. The van der Waals surface area contributed by atoms with Crippen LogP contribution in [0.15, 0.2) is 22.6 Å². The highest BCUT2D eigenvalue weighted by Crippen LogP contribution is 2.49. The van der Waals surface area contributed by atoms with Crippen molar-refractivity contribution < 1.29 is 9.21 Å². The van der Waals surface area contributed by atoms with Gasteiger partial charge < -0.3 is 15.1 Å². The van der Waals surface area contributed by atoms with Crippen molar-refractivity contribution in [2.45, 2.75) is 31.2 Å². The van der Waals surface area contributed by atoms with Crippen LogP contribution in [-0.4, -0.2) is 23.0 Å². The van der Waals surface area contributed by atoms with Gasteiger partial charge in [-0.2, -0.15) is 4.98 Å². The molecule has 1 spiro atoms. The SMILES string of the molecule is NC(=O)c1cccc2oc(N3CCC34CCC4)nc12. The monoisotopic (exact) mass is 257 g/mol. The van der Waals surface area contributed by atoms with Crippen LogP contribution in [0.2, 0.25) is 0 Å². The highest BCUT2D eigenvalue weighted by atomic mass is 16.4. The van der Waals surface area contributed by atoms with Gasteiger partial charge in [-0.3, -0.25) is 4.79 Å². The van der Waals surface area contributed by atoms with E-state index in [1.54, 1.807) is 12.1 Å². The number of rotatable bonds is 2. The van der Waals surface area contributed by atoms with Crippen molar-refractivity contribution in [1.29, 1.82) is 0 Å². The zero-order valence-corrected chi connectivity index (χ0v) is 10.6. The minimum atomic E-state index is -0.465. The van der Waals surface area contributed by atoms with Gasteiger partial charge in [-0.05, 0) is 37.8 Å². The van der Waals surface area contributed by atoms with E-state index in [4.69, 9.17) is 10.2 Å². The molecule has 98 valence electrons. The second-order valence-electron chi connectivity index (χ2n) is 5.49. The number of primary amides is 1. The van der Waals surface area contributed by atoms with E-state index in [0.717, 1.165) is 6.54 Å². The molecule has 5 heteroatoms. The summed E-state index contributed by atoms with van der Waals surface area (Å²) in [6, 6.07) is 5.92. The van der Waals surface area contributed by atoms with Crippen molar-refractivity contribution in [2.75, 3.05) is 11.4 Å². The highest BCUT2D eigenvalue weighted by molar-refractivity contribution is 6.03. The van der Waals surface area contributed by atoms with Gasteiger partial charge in [0.15, 0.2) is 5.58 Å². The standard InChI is InChI=1S/C14H15N3O2/c15-12(18)9-3-1-4-10-11(9)16-13(19-10)17-8-7-14(17)5-2-6-14/h1,3-4H,2,5-8H2,(H2,15,18). The lowest BCUT2D eigenvalue weighted by atomic mass is 9.68. The van der Waals surface area contributed by atoms with Gasteiger partial charge in [0.05, 0.1) is 5.56 Å². The molecule has 1 saturated carbocycles. The second kappa shape index (κ2) is 3.50. The van der Waals surface area contributed by atoms with E-state index in [2.05, 4.69) is 9.88 Å². The fourth-order valence-electron chi connectivity index (χ4n) is 3.19. The summed E-state index contributed by atoms with van der Waals surface area (Å²) in [6.07, 6.45) is 4.93. The normalized spacial score (nSPS) is 20.3. The van der Waals surface area contributed by atoms with Gasteiger partial charge in [0.2, 0.25) is 0 Å². The summed E-state index contributed by atoms with van der Waals surface area (Å²) in [5.74, 6) is -0.465. The average Bonchev–Trinajstić information content (AvgIpc) is 2.67. The van der Waals surface area contributed by atoms with E-state index in [1.165, 1.54) is 25.7 Å². The molecule has 2 aliphatic rings. The van der Waals surface area contributed by atoms with Gasteiger partial charge in [0.25, 0.3) is 11.9 Å². The number of fused-ring (bicyclic) bond motifs is 1. The van der Waals surface area contributed by atoms with Crippen LogP contribution in [-0.2, 0) is 0 Å². The largest absolute Gasteiger partial charge is 0.423 e. The maximum Gasteiger partial charge on any atom is 0.298 e. The molecule has 1 aromatic carbocycles. The first kappa shape index (κ1) is 10.8. The van der Waals surface area contributed by atoms with E-state index in [0.29, 0.717) is 22.7 Å². The molecule has 1 amide bonds. The third-order valence-electron chi connectivity index (χ3n) is 4.56. The Kier molecular flexibility index (Phi) is 2.00. The quantitative estimate of drug-likeness (QED) is 0.893. The Hall–Kier alpha value is -2.04. The molecule has 1 saturated heterocycles. The predicted molar refractivity (Wildman–Crippen MR) is 71.1 cm³/mol. The average molecular weight is 257 g/mol. The van der Waals surface area contributed by atoms with Crippen LogP contribution in [0.1, 0.15) is 36.0 Å². The number of nitrogens with zero attached hydrogens (tertiary/aromatic N) is 2. The first-order valence-corrected chi connectivity index (χ1v) is 6.67. The van der Waals surface area contributed by atoms with Crippen LogP contribution < -0.4 is 10.6 Å². The molecule has 1 aliphatic heterocycles. The molecule has 2 fully saturated rings. The number of hydrogen-bond acceptors (Lipinski definition) is 4. The molecule has 2 heterocycles. The number of hydrogen-bond donors (Lipinski definition) is 1. The summed E-state index contributed by atoms with van der Waals surface area (Å²) in [5.41, 5.74) is 7.29. The van der Waals surface area contributed by atoms with E-state index >= 15 is 0 Å². The van der Waals surface area contributed by atoms with Gasteiger partial charge >= 0.3 is 0 Å². The number of nitrogens with two attached hydrogens (primary N) is 1. The van der Waals surface area contributed by atoms with Crippen LogP contribution in [0.25, 0.3) is 11.1 Å². The van der Waals surface area contributed by atoms with Crippen LogP contribution in [0.5, 0.6) is 0 Å². The fourth-order valence-corrected chi connectivity index (χ4v) is 3.19. The topological polar surface area (TPSA) is 72.4 Å². The maximum absolute atomic E-state index is 11.4. The lowest BCUT2D eigenvalue weighted by molar-refractivity contribution is 0.100. The lowest BCUT2D eigenvalue weighted by Gasteiger charge is -2.57. The number of oxazole rings is 1. The Morgan fingerprint density at radius 1 is 1.37 bits per heavy atom. The van der Waals surface area contributed by atoms with Crippen molar-refractivity contribution in [2.24, 2.45) is 5.73 Å². The fraction of sp³-hybridized carbons (Fsp3) is 0.429. The minimum Gasteiger partial charge on any atom is -0.423 e. The third kappa shape index (κ3) is 1.35. The Balaban J connectivity index is 1.80. The van der Waals surface area contributed by atoms with E-state index < -0.39 is 5.91 Å². The first-order chi connectivity index (χ1) is 9.20. The van der Waals surface area contributed by atoms with Crippen LogP contribution in [0.4, 0.5) is 6.01 Å². The van der Waals surface area contributed by atoms with Gasteiger partial charge in [0, 0.05) is 12.1 Å². The summed E-state index contributed by atoms with van der Waals surface area (Å²) in [5, 5.41) is 0. The van der Waals surface area contributed by atoms with Crippen LogP contribution in [0, 0.1) is 0 Å². The number of carbonyl (C=O) groups excluding carboxylic acids is 1. The van der Waals surface area contributed by atoms with Crippen molar-refractivity contribution in [1.82, 2.24) is 4.98 Å². The van der Waals surface area contributed by atoms with Crippen LogP contribution in [0.3, 0.4) is 0 Å². The zero-order chi connectivity index (χ0) is 13.0. The summed E-state index contributed by atoms with van der Waals surface area (Å²) in [7, 11) is 0. The first-order valence-electron chi connectivity index (χ1n) is 6.67. The number of carbonyl (C=O) groups is 1. The predicted octanol–water partition coefficient (Wildman–Crippen LogP) is 2.06. The van der Waals surface area contributed by atoms with Crippen molar-refractivity contribution in [3.05, 3.63) is 23.8 Å². The van der Waals surface area contributed by atoms with Crippen molar-refractivity contribution in [3.8, 4) is 0 Å². The number of para-hydroxylation sites is 1. The summed E-state index contributed by atoms with van der Waals surface area (Å²) in [6.45, 7) is 0.985. The maximum atomic E-state index is 11.4. The number of amides is 1. The molecule has 5 nitrogen and oxygen atoms in total. The van der Waals surface area contributed by atoms with Crippen molar-refractivity contribution >= 4 is 23.0 Å². The summed E-state index contributed by atoms with van der Waals surface area (Å²) < 4.78 is 5.80. The summed E-state index contributed by atoms with van der Waals surface area (Å²) in [4.78, 5) is 18.1. The number of benzene rings is 1. The second-order valence-corrected chi connectivity index (χ2v) is 5.49.